The molecule has 1 aliphatic rings. The Hall–Kier alpha value is -2.71. The van der Waals surface area contributed by atoms with Crippen molar-refractivity contribution in [3.63, 3.8) is 0 Å². The summed E-state index contributed by atoms with van der Waals surface area (Å²) in [6.45, 7) is 12.1. The summed E-state index contributed by atoms with van der Waals surface area (Å²) in [4.78, 5) is 4.83. The second kappa shape index (κ2) is 8.57. The Morgan fingerprint density at radius 2 is 1.63 bits per heavy atom. The molecular weight excluding hydrogens is 380 g/mol. The molecule has 0 N–H and O–H groups in total. The largest absolute Gasteiger partial charge is 0.497 e. The molecule has 1 saturated heterocycles. The van der Waals surface area contributed by atoms with Crippen LogP contribution < -0.4 is 4.74 Å². The van der Waals surface area contributed by atoms with E-state index in [1.165, 1.54) is 5.56 Å². The molecule has 3 heterocycles. The number of aromatic nitrogens is 4. The van der Waals surface area contributed by atoms with E-state index < -0.39 is 0 Å². The zero-order valence-corrected chi connectivity index (χ0v) is 18.2. The van der Waals surface area contributed by atoms with Crippen LogP contribution in [0.25, 0.3) is 11.5 Å². The van der Waals surface area contributed by atoms with Crippen molar-refractivity contribution < 1.29 is 9.15 Å². The van der Waals surface area contributed by atoms with E-state index in [9.17, 15) is 0 Å². The second-order valence-electron chi connectivity index (χ2n) is 8.75. The van der Waals surface area contributed by atoms with Crippen molar-refractivity contribution in [2.45, 2.75) is 39.4 Å². The van der Waals surface area contributed by atoms with E-state index in [0.29, 0.717) is 18.3 Å². The lowest BCUT2D eigenvalue weighted by atomic mass is 10.1. The Bertz CT molecular complexity index is 949. The van der Waals surface area contributed by atoms with Crippen LogP contribution in [0.2, 0.25) is 0 Å². The molecule has 0 aliphatic carbocycles. The molecule has 0 radical (unpaired) electrons. The molecule has 160 valence electrons. The lowest BCUT2D eigenvalue weighted by molar-refractivity contribution is 0.114. The van der Waals surface area contributed by atoms with Gasteiger partial charge in [0.15, 0.2) is 0 Å². The highest BCUT2D eigenvalue weighted by Gasteiger charge is 2.21. The number of benzene rings is 1. The molecule has 1 aromatic carbocycles. The van der Waals surface area contributed by atoms with Crippen molar-refractivity contribution in [3.8, 4) is 17.2 Å². The maximum Gasteiger partial charge on any atom is 0.247 e. The van der Waals surface area contributed by atoms with Crippen molar-refractivity contribution in [3.05, 3.63) is 48.1 Å². The first-order valence-corrected chi connectivity index (χ1v) is 10.4. The summed E-state index contributed by atoms with van der Waals surface area (Å²) in [7, 11) is 1.65. The topological polar surface area (TPSA) is 72.5 Å². The smallest absolute Gasteiger partial charge is 0.247 e. The molecule has 0 bridgehead atoms. The minimum Gasteiger partial charge on any atom is -0.497 e. The Morgan fingerprint density at radius 3 is 2.23 bits per heavy atom. The van der Waals surface area contributed by atoms with Gasteiger partial charge < -0.3 is 9.15 Å². The van der Waals surface area contributed by atoms with Gasteiger partial charge in [-0.1, -0.05) is 0 Å². The summed E-state index contributed by atoms with van der Waals surface area (Å²) in [5.41, 5.74) is 2.18. The molecule has 0 saturated carbocycles. The minimum atomic E-state index is 0.0195. The standard InChI is InChI=1S/C22H30N6O2/c1-22(2,3)28-15-17(13-23-28)14-26-9-11-27(12-10-26)16-20-24-25-21(30-20)18-5-7-19(29-4)8-6-18/h5-8,13,15H,9-12,14,16H2,1-4H3. The second-order valence-corrected chi connectivity index (χ2v) is 8.75. The van der Waals surface area contributed by atoms with Gasteiger partial charge in [0.1, 0.15) is 5.75 Å². The van der Waals surface area contributed by atoms with Gasteiger partial charge in [-0.05, 0) is 45.0 Å². The fourth-order valence-electron chi connectivity index (χ4n) is 3.53. The SMILES string of the molecule is COc1ccc(-c2nnc(CN3CCN(Cc4cnn(C(C)(C)C)c4)CC3)o2)cc1. The summed E-state index contributed by atoms with van der Waals surface area (Å²) in [6.07, 6.45) is 4.14. The molecule has 1 aliphatic heterocycles. The molecule has 1 fully saturated rings. The lowest BCUT2D eigenvalue weighted by Crippen LogP contribution is -2.45. The van der Waals surface area contributed by atoms with Crippen molar-refractivity contribution in [2.24, 2.45) is 0 Å². The van der Waals surface area contributed by atoms with E-state index in [0.717, 1.165) is 44.0 Å². The van der Waals surface area contributed by atoms with Crippen LogP contribution in [-0.2, 0) is 18.6 Å². The molecule has 0 unspecified atom stereocenters. The van der Waals surface area contributed by atoms with Gasteiger partial charge in [-0.15, -0.1) is 10.2 Å². The van der Waals surface area contributed by atoms with E-state index in [-0.39, 0.29) is 5.54 Å². The fraction of sp³-hybridized carbons (Fsp3) is 0.500. The molecule has 0 spiro atoms. The highest BCUT2D eigenvalue weighted by molar-refractivity contribution is 5.53. The van der Waals surface area contributed by atoms with Gasteiger partial charge in [-0.25, -0.2) is 0 Å². The lowest BCUT2D eigenvalue weighted by Gasteiger charge is -2.33. The normalized spacial score (nSPS) is 16.1. The summed E-state index contributed by atoms with van der Waals surface area (Å²) in [5.74, 6) is 2.00. The maximum atomic E-state index is 5.87. The Kier molecular flexibility index (Phi) is 5.87. The Morgan fingerprint density at radius 1 is 0.967 bits per heavy atom. The molecule has 4 rings (SSSR count). The highest BCUT2D eigenvalue weighted by Crippen LogP contribution is 2.22. The van der Waals surface area contributed by atoms with Gasteiger partial charge >= 0.3 is 0 Å². The first-order valence-electron chi connectivity index (χ1n) is 10.4. The molecule has 0 atom stereocenters. The summed E-state index contributed by atoms with van der Waals surface area (Å²) < 4.78 is 13.1. The number of nitrogens with zero attached hydrogens (tertiary/aromatic N) is 6. The van der Waals surface area contributed by atoms with Gasteiger partial charge in [0.05, 0.1) is 25.4 Å². The van der Waals surface area contributed by atoms with Crippen LogP contribution in [0, 0.1) is 0 Å². The summed E-state index contributed by atoms with van der Waals surface area (Å²) in [5, 5.41) is 12.9. The van der Waals surface area contributed by atoms with Crippen LogP contribution >= 0.6 is 0 Å². The van der Waals surface area contributed by atoms with Gasteiger partial charge in [-0.3, -0.25) is 14.5 Å². The number of methoxy groups -OCH3 is 1. The predicted octanol–water partition coefficient (Wildman–Crippen LogP) is 3.01. The molecule has 0 amide bonds. The number of ether oxygens (including phenoxy) is 1. The van der Waals surface area contributed by atoms with Crippen LogP contribution in [0.1, 0.15) is 32.2 Å². The maximum absolute atomic E-state index is 5.87. The molecular formula is C22H30N6O2. The Balaban J connectivity index is 1.28. The number of rotatable bonds is 6. The van der Waals surface area contributed by atoms with Crippen molar-refractivity contribution in [2.75, 3.05) is 33.3 Å². The molecule has 8 heteroatoms. The number of piperazine rings is 1. The van der Waals surface area contributed by atoms with Gasteiger partial charge in [-0.2, -0.15) is 5.10 Å². The average Bonchev–Trinajstić information content (AvgIpc) is 3.39. The molecule has 3 aromatic rings. The first-order chi connectivity index (χ1) is 14.4. The average molecular weight is 411 g/mol. The minimum absolute atomic E-state index is 0.0195. The van der Waals surface area contributed by atoms with E-state index in [1.54, 1.807) is 7.11 Å². The zero-order valence-electron chi connectivity index (χ0n) is 18.2. The van der Waals surface area contributed by atoms with Crippen molar-refractivity contribution in [1.82, 2.24) is 29.8 Å². The quantitative estimate of drug-likeness (QED) is 0.618. The monoisotopic (exact) mass is 410 g/mol. The highest BCUT2D eigenvalue weighted by atomic mass is 16.5. The first kappa shape index (κ1) is 20.6. The van der Waals surface area contributed by atoms with Crippen LogP contribution in [0.4, 0.5) is 0 Å². The van der Waals surface area contributed by atoms with Gasteiger partial charge in [0.25, 0.3) is 0 Å². The number of hydrogen-bond donors (Lipinski definition) is 0. The van der Waals surface area contributed by atoms with Crippen molar-refractivity contribution in [1.29, 1.82) is 0 Å². The van der Waals surface area contributed by atoms with Gasteiger partial charge in [0, 0.05) is 50.0 Å². The number of hydrogen-bond acceptors (Lipinski definition) is 7. The Labute approximate surface area is 177 Å². The van der Waals surface area contributed by atoms with Crippen LogP contribution in [0.3, 0.4) is 0 Å². The predicted molar refractivity (Wildman–Crippen MR) is 114 cm³/mol. The van der Waals surface area contributed by atoms with E-state index >= 15 is 0 Å². The molecule has 8 nitrogen and oxygen atoms in total. The third-order valence-electron chi connectivity index (χ3n) is 5.36. The van der Waals surface area contributed by atoms with Crippen LogP contribution in [0.5, 0.6) is 5.75 Å². The summed E-state index contributed by atoms with van der Waals surface area (Å²) in [6, 6.07) is 7.64. The fourth-order valence-corrected chi connectivity index (χ4v) is 3.53. The molecule has 30 heavy (non-hydrogen) atoms. The van der Waals surface area contributed by atoms with E-state index in [4.69, 9.17) is 9.15 Å². The third-order valence-corrected chi connectivity index (χ3v) is 5.36. The molecule has 2 aromatic heterocycles. The van der Waals surface area contributed by atoms with Gasteiger partial charge in [0.2, 0.25) is 11.8 Å². The zero-order chi connectivity index (χ0) is 21.1. The van der Waals surface area contributed by atoms with E-state index in [1.807, 2.05) is 35.1 Å². The van der Waals surface area contributed by atoms with Crippen LogP contribution in [-0.4, -0.2) is 63.1 Å². The van der Waals surface area contributed by atoms with E-state index in [2.05, 4.69) is 52.1 Å². The third kappa shape index (κ3) is 4.88. The van der Waals surface area contributed by atoms with Crippen LogP contribution in [0.15, 0.2) is 41.1 Å². The van der Waals surface area contributed by atoms with Crippen molar-refractivity contribution >= 4 is 0 Å². The summed E-state index contributed by atoms with van der Waals surface area (Å²) >= 11 is 0.